The van der Waals surface area contributed by atoms with E-state index in [-0.39, 0.29) is 23.3 Å². The van der Waals surface area contributed by atoms with E-state index in [1.165, 1.54) is 23.6 Å². The van der Waals surface area contributed by atoms with E-state index in [1.807, 2.05) is 0 Å². The Hall–Kier alpha value is -2.55. The molecule has 1 atom stereocenters. The fourth-order valence-corrected chi connectivity index (χ4v) is 3.83. The number of hydrogen-bond acceptors (Lipinski definition) is 6. The summed E-state index contributed by atoms with van der Waals surface area (Å²) < 4.78 is 5.22. The number of ether oxygens (including phenoxy) is 1. The lowest BCUT2D eigenvalue weighted by atomic mass is 10.2. The van der Waals surface area contributed by atoms with Gasteiger partial charge in [-0.05, 0) is 31.9 Å². The maximum Gasteiger partial charge on any atom is 0.340 e. The second-order valence-corrected chi connectivity index (χ2v) is 8.08. The molecule has 1 aliphatic carbocycles. The summed E-state index contributed by atoms with van der Waals surface area (Å²) >= 11 is 1.22. The Morgan fingerprint density at radius 3 is 2.48 bits per heavy atom. The third kappa shape index (κ3) is 7.08. The van der Waals surface area contributed by atoms with Crippen molar-refractivity contribution >= 4 is 35.6 Å². The third-order valence-corrected chi connectivity index (χ3v) is 5.60. The van der Waals surface area contributed by atoms with Gasteiger partial charge >= 0.3 is 12.0 Å². The molecule has 4 amide bonds. The van der Waals surface area contributed by atoms with E-state index in [1.54, 1.807) is 38.4 Å². The van der Waals surface area contributed by atoms with Crippen LogP contribution < -0.4 is 10.6 Å². The zero-order valence-corrected chi connectivity index (χ0v) is 17.7. The van der Waals surface area contributed by atoms with Crippen LogP contribution in [0.25, 0.3) is 0 Å². The van der Waals surface area contributed by atoms with Gasteiger partial charge in [-0.2, -0.15) is 0 Å². The van der Waals surface area contributed by atoms with Crippen LogP contribution in [0.5, 0.6) is 0 Å². The number of esters is 1. The van der Waals surface area contributed by atoms with Crippen LogP contribution in [0.2, 0.25) is 0 Å². The molecule has 0 radical (unpaired) electrons. The maximum absolute atomic E-state index is 12.5. The Bertz CT molecular complexity index is 762. The van der Waals surface area contributed by atoms with E-state index >= 15 is 0 Å². The summed E-state index contributed by atoms with van der Waals surface area (Å²) in [5, 5.41) is 4.95. The summed E-state index contributed by atoms with van der Waals surface area (Å²) in [7, 11) is 3.32. The Labute approximate surface area is 174 Å². The monoisotopic (exact) mass is 421 g/mol. The van der Waals surface area contributed by atoms with Gasteiger partial charge in [-0.3, -0.25) is 14.9 Å². The first-order valence-electron chi connectivity index (χ1n) is 9.52. The number of carbonyl (C=O) groups is 4. The molecular formula is C20H27N3O5S. The highest BCUT2D eigenvalue weighted by Gasteiger charge is 2.24. The van der Waals surface area contributed by atoms with Gasteiger partial charge in [0.25, 0.3) is 5.91 Å². The van der Waals surface area contributed by atoms with Crippen molar-refractivity contribution in [2.75, 3.05) is 19.8 Å². The summed E-state index contributed by atoms with van der Waals surface area (Å²) in [5.74, 6) is -1.29. The molecule has 0 unspecified atom stereocenters. The molecule has 0 aromatic heterocycles. The van der Waals surface area contributed by atoms with Crippen molar-refractivity contribution in [1.29, 1.82) is 0 Å². The minimum Gasteiger partial charge on any atom is -0.449 e. The average Bonchev–Trinajstić information content (AvgIpc) is 3.18. The number of imide groups is 1. The normalized spacial score (nSPS) is 14.7. The minimum atomic E-state index is -1.14. The van der Waals surface area contributed by atoms with Crippen molar-refractivity contribution in [3.05, 3.63) is 29.8 Å². The number of nitrogens with one attached hydrogen (secondary N) is 2. The Balaban J connectivity index is 1.90. The van der Waals surface area contributed by atoms with Crippen molar-refractivity contribution in [2.24, 2.45) is 0 Å². The highest BCUT2D eigenvalue weighted by atomic mass is 32.2. The van der Waals surface area contributed by atoms with Crippen molar-refractivity contribution in [3.8, 4) is 0 Å². The highest BCUT2D eigenvalue weighted by molar-refractivity contribution is 8.00. The molecule has 0 bridgehead atoms. The minimum absolute atomic E-state index is 0.0782. The van der Waals surface area contributed by atoms with Crippen LogP contribution in [-0.4, -0.2) is 60.7 Å². The SMILES string of the molecule is C[C@@H](OC(=O)c1ccccc1SCC(=O)N(C)C)C(=O)NC(=O)NC1CCCC1. The van der Waals surface area contributed by atoms with Crippen LogP contribution in [-0.2, 0) is 14.3 Å². The lowest BCUT2D eigenvalue weighted by Crippen LogP contribution is -2.47. The third-order valence-electron chi connectivity index (χ3n) is 4.54. The molecule has 1 aromatic rings. The molecule has 1 fully saturated rings. The number of nitrogens with zero attached hydrogens (tertiary/aromatic N) is 1. The van der Waals surface area contributed by atoms with Crippen LogP contribution in [0.4, 0.5) is 4.79 Å². The Morgan fingerprint density at radius 1 is 1.17 bits per heavy atom. The number of amides is 4. The molecule has 2 rings (SSSR count). The van der Waals surface area contributed by atoms with Crippen LogP contribution in [0.1, 0.15) is 43.0 Å². The van der Waals surface area contributed by atoms with Crippen LogP contribution in [0, 0.1) is 0 Å². The summed E-state index contributed by atoms with van der Waals surface area (Å²) in [5.41, 5.74) is 0.263. The zero-order valence-electron chi connectivity index (χ0n) is 16.9. The fourth-order valence-electron chi connectivity index (χ4n) is 2.81. The molecule has 1 aromatic carbocycles. The van der Waals surface area contributed by atoms with Gasteiger partial charge in [0.1, 0.15) is 0 Å². The van der Waals surface area contributed by atoms with Crippen molar-refractivity contribution < 1.29 is 23.9 Å². The Morgan fingerprint density at radius 2 is 1.83 bits per heavy atom. The van der Waals surface area contributed by atoms with E-state index in [0.717, 1.165) is 25.7 Å². The zero-order chi connectivity index (χ0) is 21.4. The molecule has 2 N–H and O–H groups in total. The maximum atomic E-state index is 12.5. The summed E-state index contributed by atoms with van der Waals surface area (Å²) in [6, 6.07) is 6.21. The van der Waals surface area contributed by atoms with Gasteiger partial charge in [-0.25, -0.2) is 9.59 Å². The van der Waals surface area contributed by atoms with E-state index in [4.69, 9.17) is 4.74 Å². The van der Waals surface area contributed by atoms with Gasteiger partial charge in [-0.1, -0.05) is 25.0 Å². The van der Waals surface area contributed by atoms with Crippen molar-refractivity contribution in [2.45, 2.75) is 49.6 Å². The van der Waals surface area contributed by atoms with E-state index in [2.05, 4.69) is 10.6 Å². The summed E-state index contributed by atoms with van der Waals surface area (Å²) in [4.78, 5) is 50.4. The molecular weight excluding hydrogens is 394 g/mol. The molecule has 0 heterocycles. The van der Waals surface area contributed by atoms with E-state index < -0.39 is 24.0 Å². The number of rotatable bonds is 7. The van der Waals surface area contributed by atoms with Gasteiger partial charge < -0.3 is 15.0 Å². The molecule has 8 nitrogen and oxygen atoms in total. The van der Waals surface area contributed by atoms with Crippen molar-refractivity contribution in [1.82, 2.24) is 15.5 Å². The first kappa shape index (κ1) is 22.7. The highest BCUT2D eigenvalue weighted by Crippen LogP contribution is 2.24. The lowest BCUT2D eigenvalue weighted by molar-refractivity contribution is -0.128. The number of thioether (sulfide) groups is 1. The number of urea groups is 1. The van der Waals surface area contributed by atoms with Gasteiger partial charge in [-0.15, -0.1) is 11.8 Å². The van der Waals surface area contributed by atoms with Gasteiger partial charge in [0.05, 0.1) is 11.3 Å². The molecule has 29 heavy (non-hydrogen) atoms. The number of benzene rings is 1. The number of hydrogen-bond donors (Lipinski definition) is 2. The molecule has 0 spiro atoms. The van der Waals surface area contributed by atoms with E-state index in [9.17, 15) is 19.2 Å². The molecule has 1 aliphatic rings. The molecule has 9 heteroatoms. The van der Waals surface area contributed by atoms with Gasteiger partial charge in [0.2, 0.25) is 5.91 Å². The Kier molecular flexibility index (Phi) is 8.50. The summed E-state index contributed by atoms with van der Waals surface area (Å²) in [6.45, 7) is 1.40. The number of carbonyl (C=O) groups excluding carboxylic acids is 4. The van der Waals surface area contributed by atoms with Gasteiger partial charge in [0.15, 0.2) is 6.10 Å². The largest absolute Gasteiger partial charge is 0.449 e. The average molecular weight is 422 g/mol. The standard InChI is InChI=1S/C20H27N3O5S/c1-13(18(25)22-20(27)21-14-8-4-5-9-14)28-19(26)15-10-6-7-11-16(15)29-12-17(24)23(2)3/h6-7,10-11,13-14H,4-5,8-9,12H2,1-3H3,(H2,21,22,25,27)/t13-/m1/s1. The predicted octanol–water partition coefficient (Wildman–Crippen LogP) is 2.18. The fraction of sp³-hybridized carbons (Fsp3) is 0.500. The topological polar surface area (TPSA) is 105 Å². The predicted molar refractivity (Wildman–Crippen MR) is 110 cm³/mol. The van der Waals surface area contributed by atoms with Gasteiger partial charge in [0, 0.05) is 25.0 Å². The quantitative estimate of drug-likeness (QED) is 0.517. The first-order valence-corrected chi connectivity index (χ1v) is 10.5. The van der Waals surface area contributed by atoms with Crippen molar-refractivity contribution in [3.63, 3.8) is 0 Å². The molecule has 0 saturated heterocycles. The first-order chi connectivity index (χ1) is 13.8. The second-order valence-electron chi connectivity index (χ2n) is 7.06. The molecule has 1 saturated carbocycles. The smallest absolute Gasteiger partial charge is 0.340 e. The molecule has 0 aliphatic heterocycles. The lowest BCUT2D eigenvalue weighted by Gasteiger charge is -2.16. The van der Waals surface area contributed by atoms with Crippen LogP contribution >= 0.6 is 11.8 Å². The second kappa shape index (κ2) is 10.8. The van der Waals surface area contributed by atoms with Crippen LogP contribution in [0.15, 0.2) is 29.2 Å². The molecule has 158 valence electrons. The van der Waals surface area contributed by atoms with Crippen LogP contribution in [0.3, 0.4) is 0 Å². The van der Waals surface area contributed by atoms with E-state index in [0.29, 0.717) is 4.90 Å². The summed E-state index contributed by atoms with van der Waals surface area (Å²) in [6.07, 6.45) is 2.78.